The van der Waals surface area contributed by atoms with Crippen molar-refractivity contribution in [2.45, 2.75) is 50.5 Å². The Labute approximate surface area is 142 Å². The first-order chi connectivity index (χ1) is 11.7. The van der Waals surface area contributed by atoms with Gasteiger partial charge in [-0.1, -0.05) is 12.8 Å². The van der Waals surface area contributed by atoms with E-state index in [9.17, 15) is 18.0 Å². The lowest BCUT2D eigenvalue weighted by Crippen LogP contribution is -2.46. The van der Waals surface area contributed by atoms with Crippen LogP contribution in [0.15, 0.2) is 12.5 Å². The summed E-state index contributed by atoms with van der Waals surface area (Å²) in [6, 6.07) is 0.530. The molecule has 0 aromatic carbocycles. The number of imidazole rings is 1. The van der Waals surface area contributed by atoms with Crippen LogP contribution in [-0.4, -0.2) is 57.2 Å². The molecule has 2 aliphatic rings. The predicted molar refractivity (Wildman–Crippen MR) is 81.7 cm³/mol. The molecule has 1 saturated carbocycles. The van der Waals surface area contributed by atoms with Crippen LogP contribution in [0.3, 0.4) is 0 Å². The van der Waals surface area contributed by atoms with Crippen molar-refractivity contribution in [2.24, 2.45) is 0 Å². The Kier molecular flexibility index (Phi) is 6.04. The van der Waals surface area contributed by atoms with Crippen LogP contribution in [-0.2, 0) is 16.1 Å². The van der Waals surface area contributed by atoms with Gasteiger partial charge in [0.25, 0.3) is 0 Å². The zero-order chi connectivity index (χ0) is 18.6. The van der Waals surface area contributed by atoms with Crippen molar-refractivity contribution in [3.05, 3.63) is 18.2 Å². The SMILES string of the molecule is CNC(=O)C1CN(C2CCCC2)Cc2cncn21.O=C(O)C(F)(F)F. The molecule has 0 spiro atoms. The van der Waals surface area contributed by atoms with E-state index in [0.29, 0.717) is 6.04 Å². The Morgan fingerprint density at radius 1 is 1.32 bits per heavy atom. The van der Waals surface area contributed by atoms with Gasteiger partial charge in [0, 0.05) is 32.4 Å². The summed E-state index contributed by atoms with van der Waals surface area (Å²) in [4.78, 5) is 27.5. The summed E-state index contributed by atoms with van der Waals surface area (Å²) in [5, 5.41) is 9.89. The number of nitrogens with zero attached hydrogens (tertiary/aromatic N) is 3. The Morgan fingerprint density at radius 2 is 1.92 bits per heavy atom. The smallest absolute Gasteiger partial charge is 0.475 e. The number of aromatic nitrogens is 2. The number of carboxylic acids is 1. The fourth-order valence-electron chi connectivity index (χ4n) is 3.24. The van der Waals surface area contributed by atoms with E-state index >= 15 is 0 Å². The molecule has 2 N–H and O–H groups in total. The minimum absolute atomic E-state index is 0.0805. The minimum Gasteiger partial charge on any atom is -0.475 e. The first-order valence-electron chi connectivity index (χ1n) is 8.00. The second kappa shape index (κ2) is 7.85. The lowest BCUT2D eigenvalue weighted by atomic mass is 10.1. The standard InChI is InChI=1S/C13H20N4O.C2HF3O2/c1-14-13(18)12-8-16(10-4-2-3-5-10)7-11-6-15-9-17(11)12;3-2(4,5)1(6)7/h6,9-10,12H,2-5,7-8H2,1H3,(H,14,18);(H,6,7). The number of carboxylic acid groups (broad SMARTS) is 1. The zero-order valence-corrected chi connectivity index (χ0v) is 13.8. The summed E-state index contributed by atoms with van der Waals surface area (Å²) in [6.07, 6.45) is 3.78. The van der Waals surface area contributed by atoms with Crippen molar-refractivity contribution >= 4 is 11.9 Å². The van der Waals surface area contributed by atoms with Gasteiger partial charge in [-0.05, 0) is 12.8 Å². The van der Waals surface area contributed by atoms with Crippen molar-refractivity contribution in [1.82, 2.24) is 19.8 Å². The third-order valence-corrected chi connectivity index (χ3v) is 4.49. The highest BCUT2D eigenvalue weighted by atomic mass is 19.4. The molecule has 1 aromatic rings. The zero-order valence-electron chi connectivity index (χ0n) is 13.8. The van der Waals surface area contributed by atoms with E-state index in [0.717, 1.165) is 18.8 Å². The Morgan fingerprint density at radius 3 is 2.44 bits per heavy atom. The quantitative estimate of drug-likeness (QED) is 0.834. The maximum Gasteiger partial charge on any atom is 0.490 e. The Balaban J connectivity index is 0.000000277. The molecule has 0 bridgehead atoms. The van der Waals surface area contributed by atoms with Crippen LogP contribution < -0.4 is 5.32 Å². The highest BCUT2D eigenvalue weighted by Gasteiger charge is 2.38. The van der Waals surface area contributed by atoms with Gasteiger partial charge in [0.2, 0.25) is 5.91 Å². The van der Waals surface area contributed by atoms with Crippen LogP contribution in [0, 0.1) is 0 Å². The molecular weight excluding hydrogens is 341 g/mol. The molecular formula is C15H21F3N4O3. The average molecular weight is 362 g/mol. The van der Waals surface area contributed by atoms with Gasteiger partial charge in [-0.25, -0.2) is 9.78 Å². The molecule has 1 aliphatic heterocycles. The number of alkyl halides is 3. The number of amides is 1. The number of hydrogen-bond donors (Lipinski definition) is 2. The molecule has 1 aliphatic carbocycles. The number of halogens is 3. The van der Waals surface area contributed by atoms with E-state index in [4.69, 9.17) is 9.90 Å². The third kappa shape index (κ3) is 4.71. The summed E-state index contributed by atoms with van der Waals surface area (Å²) >= 11 is 0. The lowest BCUT2D eigenvalue weighted by molar-refractivity contribution is -0.192. The van der Waals surface area contributed by atoms with Crippen LogP contribution in [0.5, 0.6) is 0 Å². The number of nitrogens with one attached hydrogen (secondary N) is 1. The number of aliphatic carboxylic acids is 1. The number of hydrogen-bond acceptors (Lipinski definition) is 4. The van der Waals surface area contributed by atoms with E-state index in [2.05, 4.69) is 15.2 Å². The number of carbonyl (C=O) groups excluding carboxylic acids is 1. The minimum atomic E-state index is -5.08. The summed E-state index contributed by atoms with van der Waals surface area (Å²) < 4.78 is 33.8. The van der Waals surface area contributed by atoms with Crippen LogP contribution in [0.25, 0.3) is 0 Å². The van der Waals surface area contributed by atoms with Gasteiger partial charge in [0.15, 0.2) is 0 Å². The summed E-state index contributed by atoms with van der Waals surface area (Å²) in [6.45, 7) is 1.74. The molecule has 7 nitrogen and oxygen atoms in total. The molecule has 10 heteroatoms. The van der Waals surface area contributed by atoms with E-state index < -0.39 is 12.1 Å². The van der Waals surface area contributed by atoms with E-state index in [1.165, 1.54) is 25.7 Å². The molecule has 3 rings (SSSR count). The molecule has 25 heavy (non-hydrogen) atoms. The Hall–Kier alpha value is -2.10. The van der Waals surface area contributed by atoms with E-state index in [1.54, 1.807) is 13.4 Å². The molecule has 140 valence electrons. The number of fused-ring (bicyclic) bond motifs is 1. The van der Waals surface area contributed by atoms with Gasteiger partial charge in [-0.15, -0.1) is 0 Å². The summed E-state index contributed by atoms with van der Waals surface area (Å²) in [5.74, 6) is -2.68. The van der Waals surface area contributed by atoms with Gasteiger partial charge in [-0.2, -0.15) is 13.2 Å². The number of likely N-dealkylation sites (N-methyl/N-ethyl adjacent to an activating group) is 1. The van der Waals surface area contributed by atoms with Gasteiger partial charge in [0.1, 0.15) is 6.04 Å². The second-order valence-electron chi connectivity index (χ2n) is 6.09. The second-order valence-corrected chi connectivity index (χ2v) is 6.09. The maximum atomic E-state index is 12.0. The average Bonchev–Trinajstić information content (AvgIpc) is 3.23. The fraction of sp³-hybridized carbons (Fsp3) is 0.667. The first kappa shape index (κ1) is 19.2. The highest BCUT2D eigenvalue weighted by Crippen LogP contribution is 2.29. The number of rotatable bonds is 2. The molecule has 2 heterocycles. The van der Waals surface area contributed by atoms with Crippen molar-refractivity contribution in [1.29, 1.82) is 0 Å². The Bertz CT molecular complexity index is 611. The van der Waals surface area contributed by atoms with E-state index in [-0.39, 0.29) is 11.9 Å². The van der Waals surface area contributed by atoms with Crippen LogP contribution >= 0.6 is 0 Å². The first-order valence-corrected chi connectivity index (χ1v) is 8.00. The van der Waals surface area contributed by atoms with Gasteiger partial charge in [0.05, 0.1) is 12.0 Å². The van der Waals surface area contributed by atoms with Crippen LogP contribution in [0.2, 0.25) is 0 Å². The summed E-state index contributed by atoms with van der Waals surface area (Å²) in [5.41, 5.74) is 1.15. The molecule has 1 fully saturated rings. The monoisotopic (exact) mass is 362 g/mol. The third-order valence-electron chi connectivity index (χ3n) is 4.49. The molecule has 0 saturated heterocycles. The van der Waals surface area contributed by atoms with Crippen LogP contribution in [0.1, 0.15) is 37.4 Å². The molecule has 1 unspecified atom stereocenters. The van der Waals surface area contributed by atoms with Crippen molar-refractivity contribution in [2.75, 3.05) is 13.6 Å². The largest absolute Gasteiger partial charge is 0.490 e. The maximum absolute atomic E-state index is 12.0. The lowest BCUT2D eigenvalue weighted by Gasteiger charge is -2.37. The normalized spacial score (nSPS) is 21.2. The predicted octanol–water partition coefficient (Wildman–Crippen LogP) is 1.56. The van der Waals surface area contributed by atoms with Crippen molar-refractivity contribution in [3.8, 4) is 0 Å². The van der Waals surface area contributed by atoms with Crippen molar-refractivity contribution in [3.63, 3.8) is 0 Å². The van der Waals surface area contributed by atoms with Gasteiger partial charge < -0.3 is 15.0 Å². The molecule has 1 atom stereocenters. The molecule has 1 amide bonds. The van der Waals surface area contributed by atoms with Crippen molar-refractivity contribution < 1.29 is 27.9 Å². The van der Waals surface area contributed by atoms with Gasteiger partial charge >= 0.3 is 12.1 Å². The van der Waals surface area contributed by atoms with Gasteiger partial charge in [-0.3, -0.25) is 9.69 Å². The topological polar surface area (TPSA) is 87.5 Å². The molecule has 1 aromatic heterocycles. The summed E-state index contributed by atoms with van der Waals surface area (Å²) in [7, 11) is 1.70. The fourth-order valence-corrected chi connectivity index (χ4v) is 3.24. The van der Waals surface area contributed by atoms with E-state index in [1.807, 2.05) is 10.8 Å². The highest BCUT2D eigenvalue weighted by molar-refractivity contribution is 5.80. The molecule has 0 radical (unpaired) electrons. The number of carbonyl (C=O) groups is 2. The van der Waals surface area contributed by atoms with Crippen LogP contribution in [0.4, 0.5) is 13.2 Å².